The molecule has 2 N–H and O–H groups in total. The fraction of sp³-hybridized carbons (Fsp3) is 0.263. The van der Waals surface area contributed by atoms with Gasteiger partial charge in [-0.1, -0.05) is 37.2 Å². The minimum absolute atomic E-state index is 0.00921. The van der Waals surface area contributed by atoms with Crippen LogP contribution in [0.4, 0.5) is 9.18 Å². The summed E-state index contributed by atoms with van der Waals surface area (Å²) < 4.78 is 19.0. The molecule has 0 radical (unpaired) electrons. The van der Waals surface area contributed by atoms with Crippen LogP contribution in [0.1, 0.15) is 31.3 Å². The summed E-state index contributed by atoms with van der Waals surface area (Å²) in [5, 5.41) is 9.42. The number of nitrogens with zero attached hydrogens (tertiary/aromatic N) is 3. The summed E-state index contributed by atoms with van der Waals surface area (Å²) in [6.45, 7) is 3.94. The Morgan fingerprint density at radius 3 is 2.63 bits per heavy atom. The number of nitrogens with one attached hydrogen (secondary N) is 2. The Morgan fingerprint density at radius 2 is 1.93 bits per heavy atom. The molecule has 2 aromatic heterocycles. The molecule has 0 spiro atoms. The lowest BCUT2D eigenvalue weighted by molar-refractivity contribution is 0.224. The highest BCUT2D eigenvalue weighted by atomic mass is 19.1. The first-order valence-electron chi connectivity index (χ1n) is 8.56. The number of hydrogen-bond acceptors (Lipinski definition) is 5. The molecule has 8 heteroatoms. The first-order chi connectivity index (χ1) is 13.0. The Kier molecular flexibility index (Phi) is 5.75. The number of hydrogen-bond donors (Lipinski definition) is 2. The number of aromatic nitrogens is 3. The minimum Gasteiger partial charge on any atom is -0.337 e. The first kappa shape index (κ1) is 18.5. The van der Waals surface area contributed by atoms with E-state index >= 15 is 0 Å². The zero-order valence-electron chi connectivity index (χ0n) is 15.0. The van der Waals surface area contributed by atoms with Crippen LogP contribution in [0.15, 0.2) is 53.3 Å². The molecule has 140 valence electrons. The normalized spacial score (nSPS) is 12.0. The fourth-order valence-electron chi connectivity index (χ4n) is 2.50. The second-order valence-corrected chi connectivity index (χ2v) is 6.33. The van der Waals surface area contributed by atoms with Crippen molar-refractivity contribution in [2.75, 3.05) is 0 Å². The Balaban J connectivity index is 1.66. The quantitative estimate of drug-likeness (QED) is 0.694. The molecule has 0 fully saturated rings. The molecular weight excluding hydrogens is 349 g/mol. The van der Waals surface area contributed by atoms with Gasteiger partial charge in [-0.05, 0) is 24.1 Å². The van der Waals surface area contributed by atoms with Crippen LogP contribution in [0.5, 0.6) is 0 Å². The Hall–Kier alpha value is -3.29. The third-order valence-electron chi connectivity index (χ3n) is 4.00. The Bertz CT molecular complexity index is 898. The van der Waals surface area contributed by atoms with Gasteiger partial charge in [-0.25, -0.2) is 9.18 Å². The number of halogens is 1. The van der Waals surface area contributed by atoms with E-state index in [2.05, 4.69) is 25.8 Å². The van der Waals surface area contributed by atoms with Gasteiger partial charge < -0.3 is 15.2 Å². The second-order valence-electron chi connectivity index (χ2n) is 6.33. The zero-order valence-corrected chi connectivity index (χ0v) is 15.0. The van der Waals surface area contributed by atoms with Gasteiger partial charge in [0.15, 0.2) is 0 Å². The number of rotatable bonds is 6. The second kappa shape index (κ2) is 8.39. The molecule has 0 saturated heterocycles. The van der Waals surface area contributed by atoms with Crippen LogP contribution < -0.4 is 10.6 Å². The van der Waals surface area contributed by atoms with Crippen LogP contribution in [0.2, 0.25) is 0 Å². The van der Waals surface area contributed by atoms with Crippen molar-refractivity contribution in [3.8, 4) is 11.4 Å². The highest BCUT2D eigenvalue weighted by Gasteiger charge is 2.25. The van der Waals surface area contributed by atoms with E-state index < -0.39 is 12.1 Å². The van der Waals surface area contributed by atoms with Gasteiger partial charge in [0.25, 0.3) is 0 Å². The molecule has 0 aliphatic carbocycles. The number of carbonyl (C=O) groups excluding carboxylic acids is 1. The van der Waals surface area contributed by atoms with Crippen LogP contribution in [0.3, 0.4) is 0 Å². The van der Waals surface area contributed by atoms with E-state index in [0.717, 1.165) is 5.56 Å². The topological polar surface area (TPSA) is 92.9 Å². The molecule has 27 heavy (non-hydrogen) atoms. The van der Waals surface area contributed by atoms with E-state index in [1.807, 2.05) is 13.8 Å². The molecule has 0 aliphatic rings. The first-order valence-corrected chi connectivity index (χ1v) is 8.56. The molecule has 1 atom stereocenters. The molecule has 0 bridgehead atoms. The van der Waals surface area contributed by atoms with Crippen LogP contribution in [0, 0.1) is 11.7 Å². The molecule has 1 aromatic carbocycles. The van der Waals surface area contributed by atoms with Gasteiger partial charge in [0.05, 0.1) is 0 Å². The maximum Gasteiger partial charge on any atom is 0.315 e. The zero-order chi connectivity index (χ0) is 19.2. The standard InChI is InChI=1S/C19H20FN5O2/c1-12(2)16(18-24-17(25-27-18)13-7-9-21-10-8-13)23-19(26)22-11-14-5-3-4-6-15(14)20/h3-10,12,16H,11H2,1-2H3,(H2,22,23,26)/t16-/m1/s1. The molecule has 0 unspecified atom stereocenters. The van der Waals surface area contributed by atoms with E-state index in [1.54, 1.807) is 42.7 Å². The van der Waals surface area contributed by atoms with Crippen molar-refractivity contribution in [2.24, 2.45) is 5.92 Å². The molecule has 0 saturated carbocycles. The van der Waals surface area contributed by atoms with Crippen molar-refractivity contribution in [1.29, 1.82) is 0 Å². The minimum atomic E-state index is -0.478. The van der Waals surface area contributed by atoms with Gasteiger partial charge >= 0.3 is 6.03 Å². The average molecular weight is 369 g/mol. The number of pyridine rings is 1. The lowest BCUT2D eigenvalue weighted by Crippen LogP contribution is -2.39. The number of amides is 2. The van der Waals surface area contributed by atoms with E-state index in [9.17, 15) is 9.18 Å². The van der Waals surface area contributed by atoms with Crippen molar-refractivity contribution in [3.05, 3.63) is 66.1 Å². The highest BCUT2D eigenvalue weighted by Crippen LogP contribution is 2.23. The van der Waals surface area contributed by atoms with E-state index in [-0.39, 0.29) is 18.3 Å². The number of benzene rings is 1. The van der Waals surface area contributed by atoms with Crippen LogP contribution >= 0.6 is 0 Å². The van der Waals surface area contributed by atoms with Crippen molar-refractivity contribution < 1.29 is 13.7 Å². The van der Waals surface area contributed by atoms with Gasteiger partial charge in [0.1, 0.15) is 11.9 Å². The van der Waals surface area contributed by atoms with Crippen molar-refractivity contribution in [2.45, 2.75) is 26.4 Å². The van der Waals surface area contributed by atoms with Gasteiger partial charge in [-0.3, -0.25) is 4.98 Å². The molecule has 3 rings (SSSR count). The van der Waals surface area contributed by atoms with Gasteiger partial charge in [0.2, 0.25) is 11.7 Å². The van der Waals surface area contributed by atoms with Gasteiger partial charge in [-0.15, -0.1) is 0 Å². The number of urea groups is 1. The number of carbonyl (C=O) groups is 1. The van der Waals surface area contributed by atoms with E-state index in [1.165, 1.54) is 6.07 Å². The molecular formula is C19H20FN5O2. The molecule has 3 aromatic rings. The smallest absolute Gasteiger partial charge is 0.315 e. The SMILES string of the molecule is CC(C)[C@@H](NC(=O)NCc1ccccc1F)c1nc(-c2ccncc2)no1. The third-order valence-corrected chi connectivity index (χ3v) is 4.00. The van der Waals surface area contributed by atoms with Crippen LogP contribution in [-0.2, 0) is 6.54 Å². The Labute approximate surface area is 156 Å². The molecule has 2 heterocycles. The fourth-order valence-corrected chi connectivity index (χ4v) is 2.50. The summed E-state index contributed by atoms with van der Waals surface area (Å²) in [6, 6.07) is 8.91. The van der Waals surface area contributed by atoms with Crippen molar-refractivity contribution in [3.63, 3.8) is 0 Å². The third kappa shape index (κ3) is 4.66. The van der Waals surface area contributed by atoms with Crippen LogP contribution in [0.25, 0.3) is 11.4 Å². The summed E-state index contributed by atoms with van der Waals surface area (Å²) in [7, 11) is 0. The molecule has 2 amide bonds. The monoisotopic (exact) mass is 369 g/mol. The highest BCUT2D eigenvalue weighted by molar-refractivity contribution is 5.74. The van der Waals surface area contributed by atoms with Gasteiger partial charge in [0, 0.05) is 30.1 Å². The lowest BCUT2D eigenvalue weighted by Gasteiger charge is -2.19. The van der Waals surface area contributed by atoms with Crippen LogP contribution in [-0.4, -0.2) is 21.2 Å². The largest absolute Gasteiger partial charge is 0.337 e. The maximum atomic E-state index is 13.7. The Morgan fingerprint density at radius 1 is 1.19 bits per heavy atom. The average Bonchev–Trinajstić information content (AvgIpc) is 3.16. The summed E-state index contributed by atoms with van der Waals surface area (Å²) in [6.07, 6.45) is 3.28. The summed E-state index contributed by atoms with van der Waals surface area (Å²) in [4.78, 5) is 20.6. The summed E-state index contributed by atoms with van der Waals surface area (Å²) in [5.41, 5.74) is 1.18. The molecule has 0 aliphatic heterocycles. The molecule has 7 nitrogen and oxygen atoms in total. The lowest BCUT2D eigenvalue weighted by atomic mass is 10.0. The van der Waals surface area contributed by atoms with E-state index in [0.29, 0.717) is 17.3 Å². The van der Waals surface area contributed by atoms with E-state index in [4.69, 9.17) is 4.52 Å². The van der Waals surface area contributed by atoms with Crippen molar-refractivity contribution >= 4 is 6.03 Å². The summed E-state index contributed by atoms with van der Waals surface area (Å²) in [5.74, 6) is 0.372. The van der Waals surface area contributed by atoms with Crippen molar-refractivity contribution in [1.82, 2.24) is 25.8 Å². The maximum absolute atomic E-state index is 13.7. The predicted molar refractivity (Wildman–Crippen MR) is 96.9 cm³/mol. The summed E-state index contributed by atoms with van der Waals surface area (Å²) >= 11 is 0. The van der Waals surface area contributed by atoms with Gasteiger partial charge in [-0.2, -0.15) is 4.98 Å². The predicted octanol–water partition coefficient (Wildman–Crippen LogP) is 3.47.